The minimum atomic E-state index is -4.42. The van der Waals surface area contributed by atoms with E-state index in [1.807, 2.05) is 0 Å². The van der Waals surface area contributed by atoms with Crippen LogP contribution >= 0.6 is 0 Å². The standard InChI is InChI=1S/C12H10F3NO3/c13-12(14,15)6-1-2-7-8(3-6)18-4-9-11(7)16-10(17)5-19-9/h1-3,9,11H,4-5H2,(H,16,17)/t9-,11+/m0/s1. The Morgan fingerprint density at radius 3 is 2.84 bits per heavy atom. The number of ether oxygens (including phenoxy) is 2. The van der Waals surface area contributed by atoms with Crippen molar-refractivity contribution in [2.75, 3.05) is 13.2 Å². The molecule has 1 N–H and O–H groups in total. The number of carbonyl (C=O) groups excluding carboxylic acids is 1. The molecule has 19 heavy (non-hydrogen) atoms. The zero-order valence-corrected chi connectivity index (χ0v) is 9.66. The van der Waals surface area contributed by atoms with Crippen molar-refractivity contribution in [1.29, 1.82) is 0 Å². The smallest absolute Gasteiger partial charge is 0.416 e. The minimum absolute atomic E-state index is 0.0551. The predicted molar refractivity (Wildman–Crippen MR) is 57.6 cm³/mol. The number of fused-ring (bicyclic) bond motifs is 3. The molecule has 0 aliphatic carbocycles. The Labute approximate surface area is 106 Å². The second kappa shape index (κ2) is 4.12. The van der Waals surface area contributed by atoms with E-state index in [-0.39, 0.29) is 31.0 Å². The average molecular weight is 273 g/mol. The van der Waals surface area contributed by atoms with Crippen LogP contribution in [0.25, 0.3) is 0 Å². The Kier molecular flexibility index (Phi) is 2.67. The van der Waals surface area contributed by atoms with Crippen LogP contribution in [0.15, 0.2) is 18.2 Å². The number of alkyl halides is 3. The third kappa shape index (κ3) is 2.14. The van der Waals surface area contributed by atoms with Crippen LogP contribution in [-0.4, -0.2) is 25.2 Å². The first kappa shape index (κ1) is 12.3. The SMILES string of the molecule is O=C1CO[C@H]2COc3cc(C(F)(F)F)ccc3[C@H]2N1. The van der Waals surface area contributed by atoms with Gasteiger partial charge in [0.1, 0.15) is 25.1 Å². The van der Waals surface area contributed by atoms with Gasteiger partial charge in [0.2, 0.25) is 5.91 Å². The molecule has 2 heterocycles. The molecule has 0 radical (unpaired) electrons. The Morgan fingerprint density at radius 1 is 1.32 bits per heavy atom. The summed E-state index contributed by atoms with van der Waals surface area (Å²) in [6.07, 6.45) is -4.77. The van der Waals surface area contributed by atoms with E-state index >= 15 is 0 Å². The van der Waals surface area contributed by atoms with Gasteiger partial charge in [-0.05, 0) is 12.1 Å². The lowest BCUT2D eigenvalue weighted by Gasteiger charge is -2.37. The number of benzene rings is 1. The van der Waals surface area contributed by atoms with E-state index in [1.165, 1.54) is 6.07 Å². The summed E-state index contributed by atoms with van der Waals surface area (Å²) >= 11 is 0. The summed E-state index contributed by atoms with van der Waals surface area (Å²) in [7, 11) is 0. The van der Waals surface area contributed by atoms with E-state index in [4.69, 9.17) is 9.47 Å². The Morgan fingerprint density at radius 2 is 2.11 bits per heavy atom. The van der Waals surface area contributed by atoms with E-state index in [0.717, 1.165) is 12.1 Å². The molecule has 1 amide bonds. The van der Waals surface area contributed by atoms with Crippen LogP contribution in [0.4, 0.5) is 13.2 Å². The average Bonchev–Trinajstić information content (AvgIpc) is 2.36. The van der Waals surface area contributed by atoms with Gasteiger partial charge in [0.05, 0.1) is 11.6 Å². The number of morpholine rings is 1. The molecule has 0 bridgehead atoms. The van der Waals surface area contributed by atoms with Gasteiger partial charge in [-0.3, -0.25) is 4.79 Å². The molecule has 1 aromatic carbocycles. The highest BCUT2D eigenvalue weighted by atomic mass is 19.4. The van der Waals surface area contributed by atoms with Gasteiger partial charge < -0.3 is 14.8 Å². The molecular formula is C12H10F3NO3. The summed E-state index contributed by atoms with van der Waals surface area (Å²) in [5.41, 5.74) is -0.259. The molecule has 2 aliphatic rings. The maximum atomic E-state index is 12.6. The van der Waals surface area contributed by atoms with Crippen molar-refractivity contribution < 1.29 is 27.4 Å². The minimum Gasteiger partial charge on any atom is -0.490 e. The summed E-state index contributed by atoms with van der Waals surface area (Å²) in [4.78, 5) is 11.3. The third-order valence-corrected chi connectivity index (χ3v) is 3.20. The van der Waals surface area contributed by atoms with E-state index in [9.17, 15) is 18.0 Å². The van der Waals surface area contributed by atoms with E-state index in [1.54, 1.807) is 0 Å². The van der Waals surface area contributed by atoms with Crippen LogP contribution in [-0.2, 0) is 15.7 Å². The van der Waals surface area contributed by atoms with Crippen molar-refractivity contribution in [2.24, 2.45) is 0 Å². The molecule has 4 nitrogen and oxygen atoms in total. The van der Waals surface area contributed by atoms with Crippen molar-refractivity contribution >= 4 is 5.91 Å². The first-order valence-electron chi connectivity index (χ1n) is 5.70. The van der Waals surface area contributed by atoms with E-state index in [2.05, 4.69) is 5.32 Å². The monoisotopic (exact) mass is 273 g/mol. The highest BCUT2D eigenvalue weighted by Gasteiger charge is 2.38. The highest BCUT2D eigenvalue weighted by Crippen LogP contribution is 2.39. The van der Waals surface area contributed by atoms with Crippen molar-refractivity contribution in [3.05, 3.63) is 29.3 Å². The molecule has 2 atom stereocenters. The molecule has 1 aromatic rings. The second-order valence-corrected chi connectivity index (χ2v) is 4.46. The number of hydrogen-bond donors (Lipinski definition) is 1. The largest absolute Gasteiger partial charge is 0.490 e. The lowest BCUT2D eigenvalue weighted by Crippen LogP contribution is -2.50. The third-order valence-electron chi connectivity index (χ3n) is 3.20. The number of amides is 1. The van der Waals surface area contributed by atoms with Crippen molar-refractivity contribution in [3.63, 3.8) is 0 Å². The van der Waals surface area contributed by atoms with Gasteiger partial charge in [-0.15, -0.1) is 0 Å². The quantitative estimate of drug-likeness (QED) is 0.782. The van der Waals surface area contributed by atoms with Crippen molar-refractivity contribution in [2.45, 2.75) is 18.3 Å². The van der Waals surface area contributed by atoms with Gasteiger partial charge in [-0.25, -0.2) is 0 Å². The van der Waals surface area contributed by atoms with E-state index in [0.29, 0.717) is 5.56 Å². The lowest BCUT2D eigenvalue weighted by molar-refractivity contribution is -0.141. The molecular weight excluding hydrogens is 263 g/mol. The molecule has 0 aromatic heterocycles. The molecule has 0 spiro atoms. The maximum absolute atomic E-state index is 12.6. The molecule has 2 aliphatic heterocycles. The molecule has 1 saturated heterocycles. The normalized spacial score (nSPS) is 25.9. The number of hydrogen-bond acceptors (Lipinski definition) is 3. The van der Waals surface area contributed by atoms with Crippen LogP contribution in [0.5, 0.6) is 5.75 Å². The van der Waals surface area contributed by atoms with Gasteiger partial charge in [0.15, 0.2) is 0 Å². The van der Waals surface area contributed by atoms with Crippen LogP contribution in [0.1, 0.15) is 17.2 Å². The number of halogens is 3. The van der Waals surface area contributed by atoms with Crippen LogP contribution in [0.3, 0.4) is 0 Å². The molecule has 0 saturated carbocycles. The Bertz CT molecular complexity index is 529. The van der Waals surface area contributed by atoms with Crippen molar-refractivity contribution in [1.82, 2.24) is 5.32 Å². The van der Waals surface area contributed by atoms with Gasteiger partial charge >= 0.3 is 6.18 Å². The molecule has 3 rings (SSSR count). The van der Waals surface area contributed by atoms with E-state index < -0.39 is 17.8 Å². The summed E-state index contributed by atoms with van der Waals surface area (Å²) in [6, 6.07) is 2.80. The fraction of sp³-hybridized carbons (Fsp3) is 0.417. The number of nitrogens with one attached hydrogen (secondary N) is 1. The molecule has 7 heteroatoms. The van der Waals surface area contributed by atoms with Gasteiger partial charge in [0, 0.05) is 5.56 Å². The number of carbonyl (C=O) groups is 1. The Balaban J connectivity index is 1.97. The van der Waals surface area contributed by atoms with Gasteiger partial charge in [-0.1, -0.05) is 6.07 Å². The first-order chi connectivity index (χ1) is 8.95. The topological polar surface area (TPSA) is 47.6 Å². The summed E-state index contributed by atoms with van der Waals surface area (Å²) < 4.78 is 48.4. The lowest BCUT2D eigenvalue weighted by atomic mass is 9.95. The fourth-order valence-electron chi connectivity index (χ4n) is 2.27. The zero-order chi connectivity index (χ0) is 13.6. The molecule has 0 unspecified atom stereocenters. The molecule has 102 valence electrons. The first-order valence-corrected chi connectivity index (χ1v) is 5.70. The van der Waals surface area contributed by atoms with Crippen LogP contribution in [0.2, 0.25) is 0 Å². The van der Waals surface area contributed by atoms with Gasteiger partial charge in [0.25, 0.3) is 0 Å². The predicted octanol–water partition coefficient (Wildman–Crippen LogP) is 1.65. The van der Waals surface area contributed by atoms with Crippen LogP contribution in [0, 0.1) is 0 Å². The number of rotatable bonds is 0. The maximum Gasteiger partial charge on any atom is 0.416 e. The summed E-state index contributed by atoms with van der Waals surface area (Å²) in [6.45, 7) is 0.0692. The van der Waals surface area contributed by atoms with Crippen molar-refractivity contribution in [3.8, 4) is 5.75 Å². The fourth-order valence-corrected chi connectivity index (χ4v) is 2.27. The summed E-state index contributed by atoms with van der Waals surface area (Å²) in [5.74, 6) is -0.143. The van der Waals surface area contributed by atoms with Crippen LogP contribution < -0.4 is 10.1 Å². The highest BCUT2D eigenvalue weighted by molar-refractivity contribution is 5.78. The zero-order valence-electron chi connectivity index (χ0n) is 9.66. The summed E-state index contributed by atoms with van der Waals surface area (Å²) in [5, 5.41) is 2.71. The van der Waals surface area contributed by atoms with Gasteiger partial charge in [-0.2, -0.15) is 13.2 Å². The Hall–Kier alpha value is -1.76. The molecule has 1 fully saturated rings. The second-order valence-electron chi connectivity index (χ2n) is 4.46.